The minimum Gasteiger partial charge on any atom is -0.463 e. The van der Waals surface area contributed by atoms with Crippen molar-refractivity contribution in [3.05, 3.63) is 6.10 Å². The normalized spacial score (nSPS) is 9.53. The lowest BCUT2D eigenvalue weighted by Crippen LogP contribution is -2.21. The quantitative estimate of drug-likeness (QED) is 0.344. The summed E-state index contributed by atoms with van der Waals surface area (Å²) in [5, 5.41) is 0. The average molecular weight is 217 g/mol. The Kier molecular flexibility index (Phi) is 6.96. The van der Waals surface area contributed by atoms with Crippen LogP contribution < -0.4 is 0 Å². The number of rotatable bonds is 7. The topological polar surface area (TPSA) is 78.9 Å². The van der Waals surface area contributed by atoms with E-state index in [4.69, 9.17) is 4.74 Å². The van der Waals surface area contributed by atoms with Crippen LogP contribution in [0.1, 0.15) is 20.3 Å². The first-order chi connectivity index (χ1) is 7.10. The molecule has 0 fully saturated rings. The third kappa shape index (κ3) is 7.48. The Morgan fingerprint density at radius 2 is 1.93 bits per heavy atom. The van der Waals surface area contributed by atoms with E-state index in [9.17, 15) is 14.4 Å². The molecule has 0 aliphatic heterocycles. The van der Waals surface area contributed by atoms with Gasteiger partial charge in [0, 0.05) is 13.3 Å². The molecule has 0 aliphatic rings. The van der Waals surface area contributed by atoms with Crippen molar-refractivity contribution in [3.63, 3.8) is 0 Å². The van der Waals surface area contributed by atoms with Crippen LogP contribution in [-0.2, 0) is 28.6 Å². The van der Waals surface area contributed by atoms with Gasteiger partial charge >= 0.3 is 11.9 Å². The molecule has 6 nitrogen and oxygen atoms in total. The standard InChI is InChI=1S/C9H13O6/c1-3-9(12)15-8(4-13-6-10)5-14-7(2)11/h6H,3-5H2,1-2H3. The van der Waals surface area contributed by atoms with Gasteiger partial charge < -0.3 is 14.2 Å². The van der Waals surface area contributed by atoms with E-state index < -0.39 is 11.9 Å². The Balaban J connectivity index is 3.98. The zero-order chi connectivity index (χ0) is 11.7. The molecule has 0 bridgehead atoms. The van der Waals surface area contributed by atoms with E-state index in [0.29, 0.717) is 0 Å². The van der Waals surface area contributed by atoms with Crippen molar-refractivity contribution in [2.45, 2.75) is 20.3 Å². The van der Waals surface area contributed by atoms with Crippen molar-refractivity contribution in [3.8, 4) is 0 Å². The molecule has 0 atom stereocenters. The molecular formula is C9H13O6. The molecule has 0 heterocycles. The van der Waals surface area contributed by atoms with Gasteiger partial charge in [0.15, 0.2) is 0 Å². The van der Waals surface area contributed by atoms with Gasteiger partial charge in [-0.3, -0.25) is 14.4 Å². The van der Waals surface area contributed by atoms with Crippen LogP contribution in [0.2, 0.25) is 0 Å². The summed E-state index contributed by atoms with van der Waals surface area (Å²) in [4.78, 5) is 31.3. The minimum atomic E-state index is -0.508. The van der Waals surface area contributed by atoms with E-state index in [1.807, 2.05) is 0 Å². The molecule has 0 aliphatic carbocycles. The first-order valence-electron chi connectivity index (χ1n) is 4.34. The zero-order valence-electron chi connectivity index (χ0n) is 8.65. The molecule has 85 valence electrons. The zero-order valence-corrected chi connectivity index (χ0v) is 8.65. The molecule has 0 aromatic rings. The van der Waals surface area contributed by atoms with Gasteiger partial charge in [-0.15, -0.1) is 0 Å². The number of carbonyl (C=O) groups excluding carboxylic acids is 3. The molecule has 0 amide bonds. The summed E-state index contributed by atoms with van der Waals surface area (Å²) in [6, 6.07) is 0. The van der Waals surface area contributed by atoms with E-state index >= 15 is 0 Å². The van der Waals surface area contributed by atoms with Gasteiger partial charge in [-0.1, -0.05) is 6.92 Å². The van der Waals surface area contributed by atoms with Crippen LogP contribution in [0.3, 0.4) is 0 Å². The molecule has 15 heavy (non-hydrogen) atoms. The summed E-state index contributed by atoms with van der Waals surface area (Å²) in [5.41, 5.74) is 0. The summed E-state index contributed by atoms with van der Waals surface area (Å²) >= 11 is 0. The summed E-state index contributed by atoms with van der Waals surface area (Å²) in [6.45, 7) is 2.65. The summed E-state index contributed by atoms with van der Waals surface area (Å²) in [5.74, 6) is -0.988. The maximum Gasteiger partial charge on any atom is 0.306 e. The van der Waals surface area contributed by atoms with Crippen molar-refractivity contribution < 1.29 is 28.6 Å². The van der Waals surface area contributed by atoms with Crippen LogP contribution >= 0.6 is 0 Å². The number of esters is 2. The highest BCUT2D eigenvalue weighted by molar-refractivity contribution is 5.70. The first-order valence-corrected chi connectivity index (χ1v) is 4.34. The Bertz CT molecular complexity index is 225. The third-order valence-electron chi connectivity index (χ3n) is 1.30. The fourth-order valence-electron chi connectivity index (χ4n) is 0.643. The molecule has 0 unspecified atom stereocenters. The van der Waals surface area contributed by atoms with E-state index in [0.717, 1.165) is 0 Å². The van der Waals surface area contributed by atoms with Gasteiger partial charge in [-0.05, 0) is 0 Å². The van der Waals surface area contributed by atoms with Crippen LogP contribution in [-0.4, -0.2) is 31.6 Å². The second-order valence-corrected chi connectivity index (χ2v) is 2.55. The van der Waals surface area contributed by atoms with E-state index in [2.05, 4.69) is 9.47 Å². The number of carbonyl (C=O) groups is 3. The molecule has 0 spiro atoms. The van der Waals surface area contributed by atoms with E-state index in [1.54, 1.807) is 6.92 Å². The summed E-state index contributed by atoms with van der Waals surface area (Å²) in [7, 11) is 0. The van der Waals surface area contributed by atoms with Crippen LogP contribution in [0, 0.1) is 6.10 Å². The highest BCUT2D eigenvalue weighted by Crippen LogP contribution is 2.05. The van der Waals surface area contributed by atoms with Crippen LogP contribution in [0.5, 0.6) is 0 Å². The molecule has 0 aromatic heterocycles. The number of ether oxygens (including phenoxy) is 3. The Morgan fingerprint density at radius 3 is 2.40 bits per heavy atom. The summed E-state index contributed by atoms with van der Waals surface area (Å²) in [6.07, 6.45) is 0.272. The third-order valence-corrected chi connectivity index (χ3v) is 1.30. The van der Waals surface area contributed by atoms with Crippen LogP contribution in [0.4, 0.5) is 0 Å². The van der Waals surface area contributed by atoms with Gasteiger partial charge in [-0.25, -0.2) is 0 Å². The smallest absolute Gasteiger partial charge is 0.306 e. The number of hydrogen-bond donors (Lipinski definition) is 0. The number of hydrogen-bond acceptors (Lipinski definition) is 6. The second kappa shape index (κ2) is 7.78. The van der Waals surface area contributed by atoms with Crippen LogP contribution in [0.15, 0.2) is 0 Å². The predicted octanol–water partition coefficient (Wildman–Crippen LogP) is 0.208. The Labute approximate surface area is 87.5 Å². The van der Waals surface area contributed by atoms with Gasteiger partial charge in [0.1, 0.15) is 13.2 Å². The molecule has 0 N–H and O–H groups in total. The summed E-state index contributed by atoms with van der Waals surface area (Å²) < 4.78 is 13.8. The van der Waals surface area contributed by atoms with Crippen molar-refractivity contribution in [2.75, 3.05) is 13.2 Å². The lowest BCUT2D eigenvalue weighted by atomic mass is 10.4. The molecule has 0 saturated heterocycles. The molecule has 0 aromatic carbocycles. The highest BCUT2D eigenvalue weighted by atomic mass is 16.6. The lowest BCUT2D eigenvalue weighted by molar-refractivity contribution is -0.153. The van der Waals surface area contributed by atoms with Crippen molar-refractivity contribution in [1.29, 1.82) is 0 Å². The highest BCUT2D eigenvalue weighted by Gasteiger charge is 2.17. The largest absolute Gasteiger partial charge is 0.463 e. The maximum atomic E-state index is 10.9. The molecule has 0 rings (SSSR count). The molecule has 0 saturated carbocycles. The average Bonchev–Trinajstić information content (AvgIpc) is 2.21. The first kappa shape index (κ1) is 13.4. The molecular weight excluding hydrogens is 204 g/mol. The van der Waals surface area contributed by atoms with E-state index in [1.165, 1.54) is 6.92 Å². The van der Waals surface area contributed by atoms with Crippen molar-refractivity contribution >= 4 is 18.4 Å². The SMILES string of the molecule is CCC(=O)O[C](COC=O)COC(C)=O. The van der Waals surface area contributed by atoms with Gasteiger partial charge in [0.05, 0.1) is 0 Å². The fraction of sp³-hybridized carbons (Fsp3) is 0.556. The second-order valence-electron chi connectivity index (χ2n) is 2.55. The maximum absolute atomic E-state index is 10.9. The van der Waals surface area contributed by atoms with Crippen molar-refractivity contribution in [1.82, 2.24) is 0 Å². The fourth-order valence-corrected chi connectivity index (χ4v) is 0.643. The minimum absolute atomic E-state index is 0.0872. The lowest BCUT2D eigenvalue weighted by Gasteiger charge is -2.14. The van der Waals surface area contributed by atoms with E-state index in [-0.39, 0.29) is 32.2 Å². The Morgan fingerprint density at radius 1 is 1.27 bits per heavy atom. The Hall–Kier alpha value is -1.59. The predicted molar refractivity (Wildman–Crippen MR) is 48.3 cm³/mol. The molecule has 1 radical (unpaired) electrons. The molecule has 6 heteroatoms. The van der Waals surface area contributed by atoms with Gasteiger partial charge in [0.2, 0.25) is 6.10 Å². The van der Waals surface area contributed by atoms with Gasteiger partial charge in [-0.2, -0.15) is 0 Å². The van der Waals surface area contributed by atoms with Crippen LogP contribution in [0.25, 0.3) is 0 Å². The van der Waals surface area contributed by atoms with Crippen molar-refractivity contribution in [2.24, 2.45) is 0 Å². The monoisotopic (exact) mass is 217 g/mol. The van der Waals surface area contributed by atoms with Gasteiger partial charge in [0.25, 0.3) is 6.47 Å².